The van der Waals surface area contributed by atoms with Gasteiger partial charge in [-0.3, -0.25) is 14.7 Å². The zero-order valence-corrected chi connectivity index (χ0v) is 17.2. The van der Waals surface area contributed by atoms with Gasteiger partial charge in [0.1, 0.15) is 0 Å². The molecule has 1 amide bonds. The van der Waals surface area contributed by atoms with E-state index in [2.05, 4.69) is 37.9 Å². The van der Waals surface area contributed by atoms with E-state index in [9.17, 15) is 4.79 Å². The van der Waals surface area contributed by atoms with E-state index in [1.807, 2.05) is 35.7 Å². The number of hydrogen-bond acceptors (Lipinski definition) is 4. The molecule has 0 saturated carbocycles. The van der Waals surface area contributed by atoms with Crippen molar-refractivity contribution in [1.29, 1.82) is 0 Å². The van der Waals surface area contributed by atoms with E-state index in [-0.39, 0.29) is 5.91 Å². The van der Waals surface area contributed by atoms with Gasteiger partial charge in [-0.05, 0) is 44.0 Å². The highest BCUT2D eigenvalue weighted by atomic mass is 32.1. The fourth-order valence-electron chi connectivity index (χ4n) is 3.59. The van der Waals surface area contributed by atoms with Crippen LogP contribution in [0.2, 0.25) is 0 Å². The van der Waals surface area contributed by atoms with Gasteiger partial charge in [-0.25, -0.2) is 4.98 Å². The number of pyridine rings is 1. The molecular formula is C23H21N3OS. The van der Waals surface area contributed by atoms with Crippen LogP contribution in [-0.2, 0) is 0 Å². The summed E-state index contributed by atoms with van der Waals surface area (Å²) in [5.41, 5.74) is 7.12. The van der Waals surface area contributed by atoms with Crippen LogP contribution < -0.4 is 4.90 Å². The molecule has 0 fully saturated rings. The van der Waals surface area contributed by atoms with Gasteiger partial charge in [-0.15, -0.1) is 11.3 Å². The molecular weight excluding hydrogens is 366 g/mol. The van der Waals surface area contributed by atoms with Crippen molar-refractivity contribution in [1.82, 2.24) is 9.97 Å². The number of fused-ring (bicyclic) bond motifs is 1. The van der Waals surface area contributed by atoms with Crippen molar-refractivity contribution in [2.75, 3.05) is 11.9 Å². The highest BCUT2D eigenvalue weighted by molar-refractivity contribution is 7.14. The first-order valence-electron chi connectivity index (χ1n) is 9.10. The molecule has 0 spiro atoms. The third-order valence-corrected chi connectivity index (χ3v) is 5.77. The van der Waals surface area contributed by atoms with Gasteiger partial charge in [0.2, 0.25) is 0 Å². The van der Waals surface area contributed by atoms with Crippen molar-refractivity contribution >= 4 is 33.3 Å². The molecule has 0 saturated heterocycles. The second-order valence-corrected chi connectivity index (χ2v) is 7.91. The third-order valence-electron chi connectivity index (χ3n) is 4.85. The molecule has 0 aliphatic carbocycles. The molecule has 0 bridgehead atoms. The molecule has 140 valence electrons. The largest absolute Gasteiger partial charge is 0.287 e. The van der Waals surface area contributed by atoms with Gasteiger partial charge in [0.25, 0.3) is 5.91 Å². The number of aromatic nitrogens is 2. The molecule has 5 heteroatoms. The Morgan fingerprint density at radius 2 is 1.75 bits per heavy atom. The molecule has 0 radical (unpaired) electrons. The van der Waals surface area contributed by atoms with Crippen LogP contribution in [0.3, 0.4) is 0 Å². The van der Waals surface area contributed by atoms with Crippen LogP contribution >= 0.6 is 11.3 Å². The minimum Gasteiger partial charge on any atom is -0.287 e. The van der Waals surface area contributed by atoms with Gasteiger partial charge >= 0.3 is 0 Å². The van der Waals surface area contributed by atoms with Gasteiger partial charge in [-0.2, -0.15) is 0 Å². The molecule has 0 aliphatic heterocycles. The van der Waals surface area contributed by atoms with Crippen LogP contribution in [0.15, 0.2) is 54.0 Å². The van der Waals surface area contributed by atoms with Crippen LogP contribution in [0, 0.1) is 20.8 Å². The first-order chi connectivity index (χ1) is 13.4. The standard InChI is InChI=1S/C23H21N3OS/c1-14-9-15(2)21(16(3)10-14)20-13-28-23(25-20)26(4)22(27)18-11-17-7-5-6-8-19(17)24-12-18/h5-13H,1-4H3. The lowest BCUT2D eigenvalue weighted by Crippen LogP contribution is -2.26. The number of nitrogens with zero attached hydrogens (tertiary/aromatic N) is 3. The zero-order chi connectivity index (χ0) is 19.8. The number of carbonyl (C=O) groups is 1. The number of rotatable bonds is 3. The normalized spacial score (nSPS) is 11.0. The zero-order valence-electron chi connectivity index (χ0n) is 16.4. The van der Waals surface area contributed by atoms with Crippen LogP contribution in [0.4, 0.5) is 5.13 Å². The summed E-state index contributed by atoms with van der Waals surface area (Å²) in [4.78, 5) is 23.7. The molecule has 4 nitrogen and oxygen atoms in total. The van der Waals surface area contributed by atoms with E-state index >= 15 is 0 Å². The molecule has 4 aromatic rings. The van der Waals surface area contributed by atoms with Gasteiger partial charge in [0.05, 0.1) is 16.8 Å². The summed E-state index contributed by atoms with van der Waals surface area (Å²) in [6.07, 6.45) is 1.63. The predicted octanol–water partition coefficient (Wildman–Crippen LogP) is 5.56. The number of amides is 1. The van der Waals surface area contributed by atoms with Gasteiger partial charge in [0, 0.05) is 29.6 Å². The summed E-state index contributed by atoms with van der Waals surface area (Å²) < 4.78 is 0. The van der Waals surface area contributed by atoms with Crippen LogP contribution in [0.25, 0.3) is 22.2 Å². The van der Waals surface area contributed by atoms with E-state index in [1.54, 1.807) is 18.1 Å². The van der Waals surface area contributed by atoms with Crippen molar-refractivity contribution in [3.8, 4) is 11.3 Å². The maximum absolute atomic E-state index is 13.0. The van der Waals surface area contributed by atoms with Crippen molar-refractivity contribution in [2.24, 2.45) is 0 Å². The SMILES string of the molecule is Cc1cc(C)c(-c2csc(N(C)C(=O)c3cnc4ccccc4c3)n2)c(C)c1. The maximum Gasteiger partial charge on any atom is 0.261 e. The minimum atomic E-state index is -0.114. The molecule has 2 heterocycles. The molecule has 28 heavy (non-hydrogen) atoms. The number of carbonyl (C=O) groups excluding carboxylic acids is 1. The Morgan fingerprint density at radius 1 is 1.04 bits per heavy atom. The number of hydrogen-bond donors (Lipinski definition) is 0. The average Bonchev–Trinajstić information content (AvgIpc) is 3.15. The van der Waals surface area contributed by atoms with E-state index in [4.69, 9.17) is 4.98 Å². The molecule has 4 rings (SSSR count). The molecule has 2 aromatic carbocycles. The molecule has 0 N–H and O–H groups in total. The monoisotopic (exact) mass is 387 g/mol. The minimum absolute atomic E-state index is 0.114. The topological polar surface area (TPSA) is 46.1 Å². The third kappa shape index (κ3) is 3.29. The van der Waals surface area contributed by atoms with Crippen molar-refractivity contribution < 1.29 is 4.79 Å². The molecule has 0 atom stereocenters. The first-order valence-corrected chi connectivity index (χ1v) is 9.98. The lowest BCUT2D eigenvalue weighted by Gasteiger charge is -2.14. The summed E-state index contributed by atoms with van der Waals surface area (Å²) in [6, 6.07) is 14.0. The van der Waals surface area contributed by atoms with E-state index in [1.165, 1.54) is 28.0 Å². The first kappa shape index (κ1) is 18.3. The summed E-state index contributed by atoms with van der Waals surface area (Å²) in [6.45, 7) is 6.30. The van der Waals surface area contributed by atoms with E-state index < -0.39 is 0 Å². The van der Waals surface area contributed by atoms with Gasteiger partial charge in [-0.1, -0.05) is 35.9 Å². The second-order valence-electron chi connectivity index (χ2n) is 7.07. The Balaban J connectivity index is 1.65. The Labute approximate surface area is 168 Å². The lowest BCUT2D eigenvalue weighted by molar-refractivity contribution is 0.0993. The van der Waals surface area contributed by atoms with Gasteiger partial charge in [0.15, 0.2) is 5.13 Å². The van der Waals surface area contributed by atoms with Crippen LogP contribution in [0.1, 0.15) is 27.0 Å². The molecule has 2 aromatic heterocycles. The van der Waals surface area contributed by atoms with Crippen LogP contribution in [-0.4, -0.2) is 22.9 Å². The number of benzene rings is 2. The Bertz CT molecular complexity index is 1170. The Kier molecular flexibility index (Phi) is 4.69. The summed E-state index contributed by atoms with van der Waals surface area (Å²) in [5, 5.41) is 3.64. The highest BCUT2D eigenvalue weighted by Gasteiger charge is 2.19. The maximum atomic E-state index is 13.0. The van der Waals surface area contributed by atoms with E-state index in [0.717, 1.165) is 22.2 Å². The quantitative estimate of drug-likeness (QED) is 0.462. The molecule has 0 aliphatic rings. The predicted molar refractivity (Wildman–Crippen MR) is 116 cm³/mol. The Morgan fingerprint density at radius 3 is 2.50 bits per heavy atom. The fourth-order valence-corrected chi connectivity index (χ4v) is 4.37. The summed E-state index contributed by atoms with van der Waals surface area (Å²) in [5.74, 6) is -0.114. The average molecular weight is 388 g/mol. The van der Waals surface area contributed by atoms with E-state index in [0.29, 0.717) is 10.7 Å². The van der Waals surface area contributed by atoms with Gasteiger partial charge < -0.3 is 0 Å². The van der Waals surface area contributed by atoms with Crippen molar-refractivity contribution in [3.05, 3.63) is 76.3 Å². The van der Waals surface area contributed by atoms with Crippen LogP contribution in [0.5, 0.6) is 0 Å². The fraction of sp³-hybridized carbons (Fsp3) is 0.174. The van der Waals surface area contributed by atoms with Crippen molar-refractivity contribution in [3.63, 3.8) is 0 Å². The second kappa shape index (κ2) is 7.17. The highest BCUT2D eigenvalue weighted by Crippen LogP contribution is 2.32. The van der Waals surface area contributed by atoms with Crippen molar-refractivity contribution in [2.45, 2.75) is 20.8 Å². The number of para-hydroxylation sites is 1. The Hall–Kier alpha value is -3.05. The summed E-state index contributed by atoms with van der Waals surface area (Å²) >= 11 is 1.47. The number of anilines is 1. The lowest BCUT2D eigenvalue weighted by atomic mass is 9.98. The smallest absolute Gasteiger partial charge is 0.261 e. The number of aryl methyl sites for hydroxylation is 3. The number of thiazole rings is 1. The summed E-state index contributed by atoms with van der Waals surface area (Å²) in [7, 11) is 1.76. The molecule has 0 unspecified atom stereocenters.